The van der Waals surface area contributed by atoms with Crippen LogP contribution in [0.25, 0.3) is 0 Å². The highest BCUT2D eigenvalue weighted by Crippen LogP contribution is 2.10. The van der Waals surface area contributed by atoms with Crippen LogP contribution >= 0.6 is 0 Å². The molecule has 0 saturated carbocycles. The first-order chi connectivity index (χ1) is 4.84. The number of nitrogens with zero attached hydrogens (tertiary/aromatic N) is 1. The van der Waals surface area contributed by atoms with Gasteiger partial charge in [0.15, 0.2) is 0 Å². The smallest absolute Gasteiger partial charge is 0.0822 e. The minimum absolute atomic E-state index is 0.166. The Hall–Kier alpha value is -0.590. The summed E-state index contributed by atoms with van der Waals surface area (Å²) in [6, 6.07) is 2.12. The SMILES string of the molecule is N#CCC(O)C1CCCN1. The fraction of sp³-hybridized carbons (Fsp3) is 0.857. The van der Waals surface area contributed by atoms with Gasteiger partial charge in [-0.1, -0.05) is 0 Å². The lowest BCUT2D eigenvalue weighted by atomic mass is 10.1. The highest BCUT2D eigenvalue weighted by molar-refractivity contribution is 4.87. The first kappa shape index (κ1) is 7.52. The molecule has 2 N–H and O–H groups in total. The lowest BCUT2D eigenvalue weighted by Crippen LogP contribution is -2.34. The van der Waals surface area contributed by atoms with E-state index in [1.807, 2.05) is 6.07 Å². The molecule has 0 bridgehead atoms. The highest BCUT2D eigenvalue weighted by Gasteiger charge is 2.21. The standard InChI is InChI=1S/C7H12N2O/c8-4-3-7(10)6-2-1-5-9-6/h6-7,9-10H,1-3,5H2. The van der Waals surface area contributed by atoms with E-state index in [9.17, 15) is 5.11 Å². The molecule has 0 aromatic rings. The van der Waals surface area contributed by atoms with Crippen molar-refractivity contribution in [2.75, 3.05) is 6.54 Å². The summed E-state index contributed by atoms with van der Waals surface area (Å²) < 4.78 is 0. The summed E-state index contributed by atoms with van der Waals surface area (Å²) in [4.78, 5) is 0. The van der Waals surface area contributed by atoms with Crippen LogP contribution in [-0.2, 0) is 0 Å². The van der Waals surface area contributed by atoms with Gasteiger partial charge in [-0.3, -0.25) is 0 Å². The number of hydrogen-bond acceptors (Lipinski definition) is 3. The third-order valence-electron chi connectivity index (χ3n) is 1.86. The van der Waals surface area contributed by atoms with Gasteiger partial charge in [0, 0.05) is 6.04 Å². The first-order valence-electron chi connectivity index (χ1n) is 3.63. The van der Waals surface area contributed by atoms with Crippen LogP contribution < -0.4 is 5.32 Å². The fourth-order valence-electron chi connectivity index (χ4n) is 1.28. The van der Waals surface area contributed by atoms with Crippen LogP contribution in [0.15, 0.2) is 0 Å². The molecule has 0 aromatic heterocycles. The number of nitriles is 1. The third kappa shape index (κ3) is 1.69. The molecule has 0 radical (unpaired) electrons. The van der Waals surface area contributed by atoms with Gasteiger partial charge in [0.1, 0.15) is 0 Å². The zero-order valence-corrected chi connectivity index (χ0v) is 5.88. The second-order valence-corrected chi connectivity index (χ2v) is 2.63. The van der Waals surface area contributed by atoms with E-state index < -0.39 is 6.10 Å². The van der Waals surface area contributed by atoms with Crippen LogP contribution in [0.4, 0.5) is 0 Å². The minimum Gasteiger partial charge on any atom is -0.390 e. The molecule has 0 aromatic carbocycles. The van der Waals surface area contributed by atoms with Crippen LogP contribution in [0.3, 0.4) is 0 Å². The molecule has 2 unspecified atom stereocenters. The van der Waals surface area contributed by atoms with Crippen molar-refractivity contribution in [3.63, 3.8) is 0 Å². The van der Waals surface area contributed by atoms with Gasteiger partial charge in [-0.2, -0.15) is 5.26 Å². The van der Waals surface area contributed by atoms with Crippen LogP contribution in [0.5, 0.6) is 0 Å². The van der Waals surface area contributed by atoms with Gasteiger partial charge in [0.05, 0.1) is 18.6 Å². The molecule has 1 saturated heterocycles. The Morgan fingerprint density at radius 1 is 1.80 bits per heavy atom. The molecule has 1 heterocycles. The van der Waals surface area contributed by atoms with Crippen molar-refractivity contribution in [1.82, 2.24) is 5.32 Å². The van der Waals surface area contributed by atoms with Crippen LogP contribution in [0, 0.1) is 11.3 Å². The molecular formula is C7H12N2O. The second kappa shape index (κ2) is 3.55. The van der Waals surface area contributed by atoms with Crippen molar-refractivity contribution in [2.45, 2.75) is 31.4 Å². The van der Waals surface area contributed by atoms with Crippen molar-refractivity contribution in [2.24, 2.45) is 0 Å². The predicted octanol–water partition coefficient (Wildman–Crippen LogP) is 0.0130. The van der Waals surface area contributed by atoms with E-state index in [0.717, 1.165) is 19.4 Å². The molecule has 2 atom stereocenters. The zero-order chi connectivity index (χ0) is 7.40. The van der Waals surface area contributed by atoms with Crippen LogP contribution in [-0.4, -0.2) is 23.8 Å². The van der Waals surface area contributed by atoms with E-state index in [2.05, 4.69) is 5.32 Å². The number of hydrogen-bond donors (Lipinski definition) is 2. The molecule has 1 rings (SSSR count). The van der Waals surface area contributed by atoms with Gasteiger partial charge in [-0.05, 0) is 19.4 Å². The summed E-state index contributed by atoms with van der Waals surface area (Å²) in [5, 5.41) is 20.7. The average molecular weight is 140 g/mol. The molecule has 0 amide bonds. The first-order valence-corrected chi connectivity index (χ1v) is 3.63. The quantitative estimate of drug-likeness (QED) is 0.568. The molecular weight excluding hydrogens is 128 g/mol. The summed E-state index contributed by atoms with van der Waals surface area (Å²) >= 11 is 0. The molecule has 3 heteroatoms. The van der Waals surface area contributed by atoms with Gasteiger partial charge in [-0.25, -0.2) is 0 Å². The maximum absolute atomic E-state index is 9.26. The van der Waals surface area contributed by atoms with Gasteiger partial charge >= 0.3 is 0 Å². The Bertz CT molecular complexity index is 135. The van der Waals surface area contributed by atoms with Crippen molar-refractivity contribution in [3.8, 4) is 6.07 Å². The van der Waals surface area contributed by atoms with E-state index in [1.165, 1.54) is 0 Å². The minimum atomic E-state index is -0.465. The summed E-state index contributed by atoms with van der Waals surface area (Å²) in [5.41, 5.74) is 0. The van der Waals surface area contributed by atoms with E-state index in [1.54, 1.807) is 0 Å². The highest BCUT2D eigenvalue weighted by atomic mass is 16.3. The third-order valence-corrected chi connectivity index (χ3v) is 1.86. The van der Waals surface area contributed by atoms with E-state index >= 15 is 0 Å². The van der Waals surface area contributed by atoms with E-state index in [0.29, 0.717) is 0 Å². The molecule has 0 spiro atoms. The second-order valence-electron chi connectivity index (χ2n) is 2.63. The lowest BCUT2D eigenvalue weighted by Gasteiger charge is -2.14. The number of aliphatic hydroxyl groups excluding tert-OH is 1. The Morgan fingerprint density at radius 2 is 2.60 bits per heavy atom. The van der Waals surface area contributed by atoms with Crippen molar-refractivity contribution in [3.05, 3.63) is 0 Å². The van der Waals surface area contributed by atoms with Crippen molar-refractivity contribution < 1.29 is 5.11 Å². The molecule has 1 fully saturated rings. The fourth-order valence-corrected chi connectivity index (χ4v) is 1.28. The molecule has 1 aliphatic rings. The number of rotatable bonds is 2. The maximum Gasteiger partial charge on any atom is 0.0822 e. The molecule has 56 valence electrons. The Labute approximate surface area is 60.7 Å². The van der Waals surface area contributed by atoms with Crippen LogP contribution in [0.2, 0.25) is 0 Å². The molecule has 1 aliphatic heterocycles. The normalized spacial score (nSPS) is 27.8. The summed E-state index contributed by atoms with van der Waals surface area (Å²) in [7, 11) is 0. The Morgan fingerprint density at radius 3 is 3.10 bits per heavy atom. The molecule has 3 nitrogen and oxygen atoms in total. The van der Waals surface area contributed by atoms with Gasteiger partial charge in [-0.15, -0.1) is 0 Å². The van der Waals surface area contributed by atoms with E-state index in [4.69, 9.17) is 5.26 Å². The van der Waals surface area contributed by atoms with Gasteiger partial charge in [0.25, 0.3) is 0 Å². The topological polar surface area (TPSA) is 56.0 Å². The molecule has 0 aliphatic carbocycles. The summed E-state index contributed by atoms with van der Waals surface area (Å²) in [6.07, 6.45) is 1.90. The van der Waals surface area contributed by atoms with Gasteiger partial charge in [0.2, 0.25) is 0 Å². The molecule has 10 heavy (non-hydrogen) atoms. The van der Waals surface area contributed by atoms with Crippen molar-refractivity contribution in [1.29, 1.82) is 5.26 Å². The Kier molecular flexibility index (Phi) is 2.67. The number of nitrogens with one attached hydrogen (secondary N) is 1. The lowest BCUT2D eigenvalue weighted by molar-refractivity contribution is 0.140. The summed E-state index contributed by atoms with van der Waals surface area (Å²) in [5.74, 6) is 0. The van der Waals surface area contributed by atoms with E-state index in [-0.39, 0.29) is 12.5 Å². The van der Waals surface area contributed by atoms with Crippen molar-refractivity contribution >= 4 is 0 Å². The maximum atomic E-state index is 9.26. The van der Waals surface area contributed by atoms with Crippen LogP contribution in [0.1, 0.15) is 19.3 Å². The number of aliphatic hydroxyl groups is 1. The Balaban J connectivity index is 2.26. The van der Waals surface area contributed by atoms with Gasteiger partial charge < -0.3 is 10.4 Å². The average Bonchev–Trinajstić information content (AvgIpc) is 2.38. The predicted molar refractivity (Wildman–Crippen MR) is 37.3 cm³/mol. The summed E-state index contributed by atoms with van der Waals surface area (Å²) in [6.45, 7) is 0.979. The zero-order valence-electron chi connectivity index (χ0n) is 5.88. The largest absolute Gasteiger partial charge is 0.390 e. The monoisotopic (exact) mass is 140 g/mol.